The van der Waals surface area contributed by atoms with Crippen LogP contribution < -0.4 is 4.90 Å². The van der Waals surface area contributed by atoms with Crippen LogP contribution in [0.15, 0.2) is 53.4 Å². The highest BCUT2D eigenvalue weighted by atomic mass is 127. The van der Waals surface area contributed by atoms with Gasteiger partial charge in [-0.25, -0.2) is 0 Å². The van der Waals surface area contributed by atoms with Crippen molar-refractivity contribution in [2.75, 3.05) is 18.0 Å². The maximum absolute atomic E-state index is 12.7. The third kappa shape index (κ3) is 4.73. The molecule has 1 fully saturated rings. The lowest BCUT2D eigenvalue weighted by Crippen LogP contribution is -2.27. The Balaban J connectivity index is 1.74. The second-order valence-electron chi connectivity index (χ2n) is 6.16. The van der Waals surface area contributed by atoms with E-state index in [1.54, 1.807) is 6.08 Å². The van der Waals surface area contributed by atoms with Crippen LogP contribution in [0.2, 0.25) is 0 Å². The summed E-state index contributed by atoms with van der Waals surface area (Å²) in [5.41, 5.74) is 3.03. The molecule has 4 nitrogen and oxygen atoms in total. The van der Waals surface area contributed by atoms with Crippen LogP contribution in [-0.2, 0) is 11.3 Å². The predicted octanol–water partition coefficient (Wildman–Crippen LogP) is 5.37. The molecule has 6 heteroatoms. The number of carbonyl (C=O) groups excluding carboxylic acids is 2. The number of thioether (sulfide) groups is 1. The van der Waals surface area contributed by atoms with Gasteiger partial charge in [0.15, 0.2) is 0 Å². The van der Waals surface area contributed by atoms with Gasteiger partial charge in [-0.2, -0.15) is 0 Å². The van der Waals surface area contributed by atoms with E-state index in [0.29, 0.717) is 11.4 Å². The maximum atomic E-state index is 12.7. The number of imide groups is 1. The molecule has 0 spiro atoms. The van der Waals surface area contributed by atoms with E-state index in [9.17, 15) is 9.59 Å². The van der Waals surface area contributed by atoms with Crippen LogP contribution in [0.4, 0.5) is 10.5 Å². The Morgan fingerprint density at radius 1 is 1.00 bits per heavy atom. The van der Waals surface area contributed by atoms with Gasteiger partial charge in [-0.05, 0) is 89.7 Å². The van der Waals surface area contributed by atoms with Crippen LogP contribution in [0, 0.1) is 3.57 Å². The Morgan fingerprint density at radius 2 is 1.63 bits per heavy atom. The first-order chi connectivity index (χ1) is 13.0. The molecule has 140 valence electrons. The third-order valence-corrected chi connectivity index (χ3v) is 6.07. The van der Waals surface area contributed by atoms with E-state index in [4.69, 9.17) is 0 Å². The summed E-state index contributed by atoms with van der Waals surface area (Å²) in [5.74, 6) is -0.226. The fraction of sp³-hybridized carbons (Fsp3) is 0.238. The summed E-state index contributed by atoms with van der Waals surface area (Å²) in [4.78, 5) is 29.0. The zero-order valence-electron chi connectivity index (χ0n) is 15.3. The van der Waals surface area contributed by atoms with Gasteiger partial charge in [-0.3, -0.25) is 14.5 Å². The van der Waals surface area contributed by atoms with Crippen molar-refractivity contribution in [3.05, 3.63) is 68.1 Å². The molecule has 0 N–H and O–H groups in total. The first-order valence-electron chi connectivity index (χ1n) is 8.86. The van der Waals surface area contributed by atoms with E-state index in [-0.39, 0.29) is 11.1 Å². The van der Waals surface area contributed by atoms with Gasteiger partial charge in [0.1, 0.15) is 0 Å². The van der Waals surface area contributed by atoms with Crippen molar-refractivity contribution in [1.82, 2.24) is 4.90 Å². The summed E-state index contributed by atoms with van der Waals surface area (Å²) < 4.78 is 1.12. The van der Waals surface area contributed by atoms with Crippen molar-refractivity contribution in [3.63, 3.8) is 0 Å². The molecule has 2 amide bonds. The Labute approximate surface area is 177 Å². The van der Waals surface area contributed by atoms with Gasteiger partial charge in [0, 0.05) is 22.3 Å². The quantitative estimate of drug-likeness (QED) is 0.402. The lowest BCUT2D eigenvalue weighted by molar-refractivity contribution is -0.123. The summed E-state index contributed by atoms with van der Waals surface area (Å²) in [5, 5.41) is -0.218. The van der Waals surface area contributed by atoms with Gasteiger partial charge in [0.25, 0.3) is 11.1 Å². The molecule has 0 atom stereocenters. The number of nitrogens with zero attached hydrogens (tertiary/aromatic N) is 2. The van der Waals surface area contributed by atoms with Gasteiger partial charge in [0.05, 0.1) is 11.4 Å². The van der Waals surface area contributed by atoms with Crippen molar-refractivity contribution in [1.29, 1.82) is 0 Å². The Bertz CT molecular complexity index is 859. The van der Waals surface area contributed by atoms with Gasteiger partial charge in [-0.15, -0.1) is 0 Å². The summed E-state index contributed by atoms with van der Waals surface area (Å²) in [6.45, 7) is 6.46. The molecular weight excluding hydrogens is 471 g/mol. The lowest BCUT2D eigenvalue weighted by Gasteiger charge is -2.20. The molecule has 1 aliphatic heterocycles. The number of hydrogen-bond acceptors (Lipinski definition) is 4. The van der Waals surface area contributed by atoms with E-state index in [2.05, 4.69) is 53.5 Å². The number of halogens is 1. The molecule has 1 saturated heterocycles. The average molecular weight is 492 g/mol. The maximum Gasteiger partial charge on any atom is 0.293 e. The molecular formula is C21H21IN2O2S. The molecule has 27 heavy (non-hydrogen) atoms. The predicted molar refractivity (Wildman–Crippen MR) is 121 cm³/mol. The molecule has 3 rings (SSSR count). The minimum absolute atomic E-state index is 0.218. The second kappa shape index (κ2) is 8.93. The normalized spacial score (nSPS) is 15.7. The SMILES string of the molecule is CCN(CC)c1ccc(/C=C2\SC(=O)N(Cc3ccc(I)cc3)C2=O)cc1. The molecule has 0 radical (unpaired) electrons. The molecule has 0 aliphatic carbocycles. The van der Waals surface area contributed by atoms with Crippen molar-refractivity contribution in [3.8, 4) is 0 Å². The van der Waals surface area contributed by atoms with E-state index in [0.717, 1.165) is 45.2 Å². The summed E-state index contributed by atoms with van der Waals surface area (Å²) in [7, 11) is 0. The van der Waals surface area contributed by atoms with Gasteiger partial charge in [0.2, 0.25) is 0 Å². The highest BCUT2D eigenvalue weighted by Gasteiger charge is 2.34. The van der Waals surface area contributed by atoms with E-state index in [1.807, 2.05) is 36.4 Å². The van der Waals surface area contributed by atoms with Crippen molar-refractivity contribution in [2.45, 2.75) is 20.4 Å². The number of amides is 2. The molecule has 0 saturated carbocycles. The largest absolute Gasteiger partial charge is 0.372 e. The topological polar surface area (TPSA) is 40.6 Å². The number of benzene rings is 2. The van der Waals surface area contributed by atoms with Crippen LogP contribution in [0.1, 0.15) is 25.0 Å². The molecule has 1 aliphatic rings. The minimum atomic E-state index is -0.226. The van der Waals surface area contributed by atoms with Crippen LogP contribution in [0.3, 0.4) is 0 Å². The van der Waals surface area contributed by atoms with Crippen LogP contribution in [0.5, 0.6) is 0 Å². The van der Waals surface area contributed by atoms with Crippen molar-refractivity contribution >= 4 is 57.3 Å². The van der Waals surface area contributed by atoms with Crippen LogP contribution in [0.25, 0.3) is 6.08 Å². The number of hydrogen-bond donors (Lipinski definition) is 0. The molecule has 1 heterocycles. The van der Waals surface area contributed by atoms with Gasteiger partial charge < -0.3 is 4.90 Å². The number of rotatable bonds is 6. The Hall–Kier alpha value is -1.80. The van der Waals surface area contributed by atoms with E-state index >= 15 is 0 Å². The first-order valence-corrected chi connectivity index (χ1v) is 10.8. The average Bonchev–Trinajstić information content (AvgIpc) is 2.93. The highest BCUT2D eigenvalue weighted by Crippen LogP contribution is 2.33. The first kappa shape index (κ1) is 19.9. The fourth-order valence-corrected chi connectivity index (χ4v) is 4.13. The van der Waals surface area contributed by atoms with Crippen LogP contribution in [-0.4, -0.2) is 29.1 Å². The van der Waals surface area contributed by atoms with Gasteiger partial charge >= 0.3 is 0 Å². The smallest absolute Gasteiger partial charge is 0.293 e. The fourth-order valence-electron chi connectivity index (χ4n) is 2.93. The highest BCUT2D eigenvalue weighted by molar-refractivity contribution is 14.1. The lowest BCUT2D eigenvalue weighted by atomic mass is 10.1. The number of anilines is 1. The van der Waals surface area contributed by atoms with Gasteiger partial charge in [-0.1, -0.05) is 24.3 Å². The van der Waals surface area contributed by atoms with Crippen molar-refractivity contribution in [2.24, 2.45) is 0 Å². The monoisotopic (exact) mass is 492 g/mol. The summed E-state index contributed by atoms with van der Waals surface area (Å²) >= 11 is 3.24. The van der Waals surface area contributed by atoms with Crippen LogP contribution >= 0.6 is 34.4 Å². The third-order valence-electron chi connectivity index (χ3n) is 4.45. The Kier molecular flexibility index (Phi) is 6.59. The molecule has 2 aromatic rings. The standard InChI is InChI=1S/C21H21IN2O2S/c1-3-23(4-2)18-11-7-15(8-12-18)13-19-20(25)24(21(26)27-19)14-16-5-9-17(22)10-6-16/h5-13H,3-4,14H2,1-2H3/b19-13-. The molecule has 0 bridgehead atoms. The summed E-state index contributed by atoms with van der Waals surface area (Å²) in [6.07, 6.45) is 1.80. The number of carbonyl (C=O) groups is 2. The minimum Gasteiger partial charge on any atom is -0.372 e. The van der Waals surface area contributed by atoms with E-state index in [1.165, 1.54) is 4.90 Å². The zero-order valence-corrected chi connectivity index (χ0v) is 18.3. The van der Waals surface area contributed by atoms with E-state index < -0.39 is 0 Å². The molecule has 0 unspecified atom stereocenters. The second-order valence-corrected chi connectivity index (χ2v) is 8.40. The molecule has 0 aromatic heterocycles. The zero-order chi connectivity index (χ0) is 19.4. The molecule has 2 aromatic carbocycles. The Morgan fingerprint density at radius 3 is 2.22 bits per heavy atom. The summed E-state index contributed by atoms with van der Waals surface area (Å²) in [6, 6.07) is 15.9. The van der Waals surface area contributed by atoms with Crippen molar-refractivity contribution < 1.29 is 9.59 Å².